The molecule has 2 nitrogen and oxygen atoms in total. The van der Waals surface area contributed by atoms with Crippen molar-refractivity contribution in [2.45, 2.75) is 0 Å². The highest BCUT2D eigenvalue weighted by Gasteiger charge is 2.34. The van der Waals surface area contributed by atoms with Crippen molar-refractivity contribution in [2.75, 3.05) is 0 Å². The van der Waals surface area contributed by atoms with Crippen LogP contribution >= 0.6 is 0 Å². The summed E-state index contributed by atoms with van der Waals surface area (Å²) in [5, 5.41) is 4.28. The second-order valence-corrected chi connectivity index (χ2v) is 18.2. The lowest BCUT2D eigenvalue weighted by atomic mass is 9.79. The van der Waals surface area contributed by atoms with E-state index in [4.69, 9.17) is 8.83 Å². The van der Waals surface area contributed by atoms with Crippen molar-refractivity contribution in [1.29, 1.82) is 0 Å². The molecule has 14 rings (SSSR count). The van der Waals surface area contributed by atoms with Crippen LogP contribution in [0, 0.1) is 0 Å². The summed E-state index contributed by atoms with van der Waals surface area (Å²) < 4.78 is 15.7. The molecule has 0 atom stereocenters. The zero-order chi connectivity index (χ0) is 46.1. The summed E-state index contributed by atoms with van der Waals surface area (Å²) in [6, 6.07) is 91.4. The third kappa shape index (κ3) is 6.27. The lowest BCUT2D eigenvalue weighted by Crippen LogP contribution is -2.02. The molecular weight excluding hydrogens is 849 g/mol. The van der Waals surface area contributed by atoms with E-state index in [1.54, 1.807) is 0 Å². The molecule has 2 aliphatic heterocycles. The van der Waals surface area contributed by atoms with Crippen LogP contribution in [0.5, 0.6) is 0 Å². The first kappa shape index (κ1) is 39.9. The molecule has 0 fully saturated rings. The van der Waals surface area contributed by atoms with Crippen molar-refractivity contribution < 1.29 is 8.83 Å². The zero-order valence-corrected chi connectivity index (χ0v) is 38.1. The molecule has 0 amide bonds. The van der Waals surface area contributed by atoms with Crippen LogP contribution in [-0.2, 0) is 0 Å². The minimum atomic E-state index is 0.818. The Bertz CT molecular complexity index is 3900. The van der Waals surface area contributed by atoms with Crippen molar-refractivity contribution in [3.63, 3.8) is 0 Å². The first-order valence-electron chi connectivity index (χ1n) is 24.0. The molecule has 0 saturated carbocycles. The molecule has 70 heavy (non-hydrogen) atoms. The molecule has 0 radical (unpaired) electrons. The summed E-state index contributed by atoms with van der Waals surface area (Å²) in [7, 11) is 0. The Morgan fingerprint density at radius 1 is 0.186 bits per heavy atom. The third-order valence-electron chi connectivity index (χ3n) is 14.3. The first-order valence-corrected chi connectivity index (χ1v) is 24.0. The van der Waals surface area contributed by atoms with E-state index in [2.05, 4.69) is 255 Å². The number of rotatable bonds is 8. The SMILES string of the molecule is c1ccc(-c2ccccc2-c2cc(-c3ccccc3)c3cc(-c4ccccc4)c4oc5c(-c6ccccc6-c6ccccc6)cc(-c6ccccc6)c6cc(-c7ccccc7)c7oc2c3c4-c7c65)cc1. The summed E-state index contributed by atoms with van der Waals surface area (Å²) in [6.45, 7) is 0. The van der Waals surface area contributed by atoms with Gasteiger partial charge >= 0.3 is 0 Å². The van der Waals surface area contributed by atoms with Crippen molar-refractivity contribution in [2.24, 2.45) is 0 Å². The molecule has 0 aromatic heterocycles. The van der Waals surface area contributed by atoms with Crippen LogP contribution in [0.25, 0.3) is 144 Å². The summed E-state index contributed by atoms with van der Waals surface area (Å²) in [5.41, 5.74) is 22.9. The first-order chi connectivity index (χ1) is 34.8. The standard InChI is InChI=1S/C68H42O2/c1-7-23-43(24-8-1)49-35-19-21-37-51(49)59-39-53(45-27-11-3-12-28-45)57-41-56(48-33-17-6-18-34-48)66-63-61(57)67(59)69-65-55(47-31-15-5-16-32-47)42-58-54(46-29-13-4-14-30-46)40-60(68(70-66)62(58)64(63)65)52-38-22-20-36-50(52)44-25-9-2-10-26-44/h1-42H. The van der Waals surface area contributed by atoms with Crippen molar-refractivity contribution in [3.8, 4) is 100 Å². The zero-order valence-electron chi connectivity index (χ0n) is 38.1. The molecule has 0 bridgehead atoms. The van der Waals surface area contributed by atoms with E-state index in [0.717, 1.165) is 144 Å². The summed E-state index contributed by atoms with van der Waals surface area (Å²) >= 11 is 0. The van der Waals surface area contributed by atoms with Gasteiger partial charge < -0.3 is 8.83 Å². The average Bonchev–Trinajstić information content (AvgIpc) is 3.45. The minimum Gasteiger partial charge on any atom is -0.455 e. The maximum atomic E-state index is 7.87. The van der Waals surface area contributed by atoms with E-state index in [9.17, 15) is 0 Å². The predicted octanol–water partition coefficient (Wildman–Crippen LogP) is 19.4. The van der Waals surface area contributed by atoms with Crippen LogP contribution in [0.3, 0.4) is 0 Å². The Labute approximate surface area is 405 Å². The van der Waals surface area contributed by atoms with Gasteiger partial charge in [-0.2, -0.15) is 0 Å². The summed E-state index contributed by atoms with van der Waals surface area (Å²) in [6.07, 6.45) is 0. The molecule has 0 aliphatic carbocycles. The van der Waals surface area contributed by atoms with Gasteiger partial charge in [0.25, 0.3) is 0 Å². The molecule has 0 spiro atoms. The Morgan fingerprint density at radius 2 is 0.443 bits per heavy atom. The Balaban J connectivity index is 1.25. The monoisotopic (exact) mass is 890 g/mol. The largest absolute Gasteiger partial charge is 0.455 e. The van der Waals surface area contributed by atoms with E-state index in [1.165, 1.54) is 0 Å². The molecule has 0 unspecified atom stereocenters. The molecule has 2 heteroatoms. The molecule has 2 aliphatic rings. The fourth-order valence-corrected chi connectivity index (χ4v) is 11.1. The van der Waals surface area contributed by atoms with Crippen LogP contribution < -0.4 is 0 Å². The van der Waals surface area contributed by atoms with E-state index < -0.39 is 0 Å². The van der Waals surface area contributed by atoms with Crippen LogP contribution in [0.4, 0.5) is 0 Å². The lowest BCUT2D eigenvalue weighted by Gasteiger charge is -2.27. The van der Waals surface area contributed by atoms with Crippen LogP contribution in [0.1, 0.15) is 0 Å². The normalized spacial score (nSPS) is 11.7. The number of hydrogen-bond donors (Lipinski definition) is 0. The Morgan fingerprint density at radius 3 is 0.757 bits per heavy atom. The maximum Gasteiger partial charge on any atom is 0.144 e. The summed E-state index contributed by atoms with van der Waals surface area (Å²) in [5.74, 6) is 0. The quantitative estimate of drug-likeness (QED) is 0.112. The minimum absolute atomic E-state index is 0.818. The van der Waals surface area contributed by atoms with Gasteiger partial charge in [-0.1, -0.05) is 231 Å². The molecule has 2 heterocycles. The topological polar surface area (TPSA) is 26.3 Å². The molecule has 12 aromatic rings. The molecule has 12 aromatic carbocycles. The van der Waals surface area contributed by atoms with Gasteiger partial charge in [0.1, 0.15) is 22.3 Å². The van der Waals surface area contributed by atoms with E-state index in [1.807, 2.05) is 0 Å². The second-order valence-electron chi connectivity index (χ2n) is 18.2. The van der Waals surface area contributed by atoms with Gasteiger partial charge in [-0.05, 0) is 102 Å². The fraction of sp³-hybridized carbons (Fsp3) is 0. The smallest absolute Gasteiger partial charge is 0.144 e. The highest BCUT2D eigenvalue weighted by molar-refractivity contribution is 6.32. The third-order valence-corrected chi connectivity index (χ3v) is 14.3. The van der Waals surface area contributed by atoms with E-state index in [0.29, 0.717) is 0 Å². The molecule has 0 N–H and O–H groups in total. The Hall–Kier alpha value is -9.24. The molecule has 0 saturated heterocycles. The highest BCUT2D eigenvalue weighted by atomic mass is 16.3. The van der Waals surface area contributed by atoms with Crippen molar-refractivity contribution in [1.82, 2.24) is 0 Å². The fourth-order valence-electron chi connectivity index (χ4n) is 11.1. The highest BCUT2D eigenvalue weighted by Crippen LogP contribution is 2.58. The van der Waals surface area contributed by atoms with Gasteiger partial charge in [0.2, 0.25) is 0 Å². The number of benzene rings is 12. The van der Waals surface area contributed by atoms with Crippen molar-refractivity contribution in [3.05, 3.63) is 255 Å². The summed E-state index contributed by atoms with van der Waals surface area (Å²) in [4.78, 5) is 0. The number of hydrogen-bond acceptors (Lipinski definition) is 2. The predicted molar refractivity (Wildman–Crippen MR) is 292 cm³/mol. The van der Waals surface area contributed by atoms with Gasteiger partial charge in [0, 0.05) is 44.2 Å². The molecular formula is C68H42O2. The Kier molecular flexibility index (Phi) is 9.25. The van der Waals surface area contributed by atoms with Gasteiger partial charge in [-0.25, -0.2) is 0 Å². The van der Waals surface area contributed by atoms with Crippen LogP contribution in [-0.4, -0.2) is 0 Å². The van der Waals surface area contributed by atoms with Gasteiger partial charge in [-0.15, -0.1) is 0 Å². The van der Waals surface area contributed by atoms with Gasteiger partial charge in [0.05, 0.1) is 0 Å². The van der Waals surface area contributed by atoms with Crippen molar-refractivity contribution >= 4 is 43.9 Å². The van der Waals surface area contributed by atoms with Gasteiger partial charge in [-0.3, -0.25) is 0 Å². The van der Waals surface area contributed by atoms with E-state index in [-0.39, 0.29) is 0 Å². The maximum absolute atomic E-state index is 7.87. The van der Waals surface area contributed by atoms with E-state index >= 15 is 0 Å². The second kappa shape index (κ2) is 16.2. The van der Waals surface area contributed by atoms with Crippen LogP contribution in [0.15, 0.2) is 264 Å². The lowest BCUT2D eigenvalue weighted by molar-refractivity contribution is 0.649. The van der Waals surface area contributed by atoms with Gasteiger partial charge in [0.15, 0.2) is 0 Å². The molecule has 326 valence electrons. The van der Waals surface area contributed by atoms with Crippen LogP contribution in [0.2, 0.25) is 0 Å². The average molecular weight is 891 g/mol.